The Bertz CT molecular complexity index is 203. The molecule has 0 aliphatic carbocycles. The molecule has 0 aromatic heterocycles. The predicted molar refractivity (Wildman–Crippen MR) is 59.4 cm³/mol. The Morgan fingerprint density at radius 2 is 2.40 bits per heavy atom. The fourth-order valence-electron chi connectivity index (χ4n) is 1.80. The first-order valence-corrected chi connectivity index (χ1v) is 5.69. The summed E-state index contributed by atoms with van der Waals surface area (Å²) in [5.41, 5.74) is 5.52. The minimum Gasteiger partial charge on any atom is -0.378 e. The van der Waals surface area contributed by atoms with Gasteiger partial charge in [-0.05, 0) is 25.3 Å². The first-order valence-electron chi connectivity index (χ1n) is 5.69. The Hall–Kier alpha value is -0.610. The van der Waals surface area contributed by atoms with E-state index in [9.17, 15) is 4.79 Å². The average molecular weight is 214 g/mol. The number of ether oxygens (including phenoxy) is 1. The standard InChI is InChI=1S/C11H22N2O2/c1-9(7-12)8-13(2)11(14)6-10-4-3-5-15-10/h9-10H,3-8,12H2,1-2H3. The Balaban J connectivity index is 2.25. The summed E-state index contributed by atoms with van der Waals surface area (Å²) in [5, 5.41) is 0. The van der Waals surface area contributed by atoms with Crippen molar-refractivity contribution in [2.75, 3.05) is 26.7 Å². The first-order chi connectivity index (χ1) is 7.13. The van der Waals surface area contributed by atoms with Gasteiger partial charge in [0.15, 0.2) is 0 Å². The van der Waals surface area contributed by atoms with E-state index in [1.54, 1.807) is 4.90 Å². The van der Waals surface area contributed by atoms with Crippen LogP contribution in [0.5, 0.6) is 0 Å². The van der Waals surface area contributed by atoms with Gasteiger partial charge in [-0.1, -0.05) is 6.92 Å². The van der Waals surface area contributed by atoms with E-state index in [1.807, 2.05) is 7.05 Å². The van der Waals surface area contributed by atoms with Crippen molar-refractivity contribution in [3.8, 4) is 0 Å². The molecular formula is C11H22N2O2. The first kappa shape index (κ1) is 12.5. The zero-order valence-corrected chi connectivity index (χ0v) is 9.74. The van der Waals surface area contributed by atoms with Crippen molar-refractivity contribution in [1.29, 1.82) is 0 Å². The van der Waals surface area contributed by atoms with Crippen LogP contribution in [-0.4, -0.2) is 43.7 Å². The van der Waals surface area contributed by atoms with Crippen LogP contribution in [-0.2, 0) is 9.53 Å². The molecular weight excluding hydrogens is 192 g/mol. The van der Waals surface area contributed by atoms with Crippen molar-refractivity contribution < 1.29 is 9.53 Å². The van der Waals surface area contributed by atoms with Crippen LogP contribution in [0, 0.1) is 5.92 Å². The highest BCUT2D eigenvalue weighted by Gasteiger charge is 2.21. The molecule has 88 valence electrons. The van der Waals surface area contributed by atoms with Gasteiger partial charge in [0.2, 0.25) is 5.91 Å². The largest absolute Gasteiger partial charge is 0.378 e. The van der Waals surface area contributed by atoms with Crippen LogP contribution in [0.25, 0.3) is 0 Å². The van der Waals surface area contributed by atoms with Crippen LogP contribution in [0.1, 0.15) is 26.2 Å². The molecule has 1 saturated heterocycles. The lowest BCUT2D eigenvalue weighted by Gasteiger charge is -2.22. The van der Waals surface area contributed by atoms with Gasteiger partial charge in [-0.15, -0.1) is 0 Å². The van der Waals surface area contributed by atoms with Crippen molar-refractivity contribution in [2.24, 2.45) is 11.7 Å². The van der Waals surface area contributed by atoms with Crippen LogP contribution < -0.4 is 5.73 Å². The summed E-state index contributed by atoms with van der Waals surface area (Å²) in [6, 6.07) is 0. The second kappa shape index (κ2) is 6.08. The van der Waals surface area contributed by atoms with E-state index >= 15 is 0 Å². The molecule has 0 radical (unpaired) electrons. The number of rotatable bonds is 5. The molecule has 1 fully saturated rings. The topological polar surface area (TPSA) is 55.6 Å². The third-order valence-electron chi connectivity index (χ3n) is 2.84. The number of carbonyl (C=O) groups is 1. The number of nitrogens with two attached hydrogens (primary N) is 1. The molecule has 4 heteroatoms. The summed E-state index contributed by atoms with van der Waals surface area (Å²) in [6.45, 7) is 4.22. The van der Waals surface area contributed by atoms with Crippen LogP contribution in [0.4, 0.5) is 0 Å². The van der Waals surface area contributed by atoms with E-state index in [2.05, 4.69) is 6.92 Å². The molecule has 1 amide bonds. The van der Waals surface area contributed by atoms with Crippen LogP contribution >= 0.6 is 0 Å². The van der Waals surface area contributed by atoms with Crippen LogP contribution in [0.15, 0.2) is 0 Å². The zero-order chi connectivity index (χ0) is 11.3. The van der Waals surface area contributed by atoms with Crippen molar-refractivity contribution in [3.63, 3.8) is 0 Å². The third kappa shape index (κ3) is 4.18. The number of carbonyl (C=O) groups excluding carboxylic acids is 1. The van der Waals surface area contributed by atoms with Gasteiger partial charge in [-0.2, -0.15) is 0 Å². The monoisotopic (exact) mass is 214 g/mol. The third-order valence-corrected chi connectivity index (χ3v) is 2.84. The summed E-state index contributed by atoms with van der Waals surface area (Å²) < 4.78 is 5.43. The molecule has 0 bridgehead atoms. The van der Waals surface area contributed by atoms with Crippen molar-refractivity contribution >= 4 is 5.91 Å². The molecule has 1 rings (SSSR count). The maximum Gasteiger partial charge on any atom is 0.224 e. The zero-order valence-electron chi connectivity index (χ0n) is 9.74. The lowest BCUT2D eigenvalue weighted by Crippen LogP contribution is -2.35. The molecule has 0 aromatic carbocycles. The highest BCUT2D eigenvalue weighted by molar-refractivity contribution is 5.76. The highest BCUT2D eigenvalue weighted by Crippen LogP contribution is 2.16. The quantitative estimate of drug-likeness (QED) is 0.729. The SMILES string of the molecule is CC(CN)CN(C)C(=O)CC1CCCO1. The average Bonchev–Trinajstić information content (AvgIpc) is 2.70. The molecule has 0 spiro atoms. The van der Waals surface area contributed by atoms with Gasteiger partial charge in [0.05, 0.1) is 12.5 Å². The highest BCUT2D eigenvalue weighted by atomic mass is 16.5. The van der Waals surface area contributed by atoms with Gasteiger partial charge in [0.1, 0.15) is 0 Å². The second-order valence-electron chi connectivity index (χ2n) is 4.45. The van der Waals surface area contributed by atoms with Gasteiger partial charge in [-0.3, -0.25) is 4.79 Å². The normalized spacial score (nSPS) is 22.7. The summed E-state index contributed by atoms with van der Waals surface area (Å²) >= 11 is 0. The number of nitrogens with zero attached hydrogens (tertiary/aromatic N) is 1. The molecule has 1 aliphatic heterocycles. The molecule has 4 nitrogen and oxygen atoms in total. The second-order valence-corrected chi connectivity index (χ2v) is 4.45. The van der Waals surface area contributed by atoms with Crippen molar-refractivity contribution in [3.05, 3.63) is 0 Å². The lowest BCUT2D eigenvalue weighted by atomic mass is 10.1. The van der Waals surface area contributed by atoms with Gasteiger partial charge in [0.25, 0.3) is 0 Å². The molecule has 1 heterocycles. The van der Waals surface area contributed by atoms with Gasteiger partial charge >= 0.3 is 0 Å². The van der Waals surface area contributed by atoms with Crippen LogP contribution in [0.2, 0.25) is 0 Å². The fourth-order valence-corrected chi connectivity index (χ4v) is 1.80. The van der Waals surface area contributed by atoms with E-state index in [0.29, 0.717) is 18.9 Å². The van der Waals surface area contributed by atoms with Gasteiger partial charge in [0, 0.05) is 20.2 Å². The molecule has 2 N–H and O–H groups in total. The predicted octanol–water partition coefficient (Wildman–Crippen LogP) is 0.609. The maximum absolute atomic E-state index is 11.8. The number of hydrogen-bond donors (Lipinski definition) is 1. The summed E-state index contributed by atoms with van der Waals surface area (Å²) in [4.78, 5) is 13.5. The van der Waals surface area contributed by atoms with Gasteiger partial charge < -0.3 is 15.4 Å². The van der Waals surface area contributed by atoms with E-state index in [1.165, 1.54) is 0 Å². The number of hydrogen-bond acceptors (Lipinski definition) is 3. The Morgan fingerprint density at radius 3 is 2.93 bits per heavy atom. The van der Waals surface area contributed by atoms with E-state index in [-0.39, 0.29) is 12.0 Å². The summed E-state index contributed by atoms with van der Waals surface area (Å²) in [5.74, 6) is 0.533. The Morgan fingerprint density at radius 1 is 1.67 bits per heavy atom. The Kier molecular flexibility index (Phi) is 5.05. The van der Waals surface area contributed by atoms with E-state index < -0.39 is 0 Å². The van der Waals surface area contributed by atoms with Crippen LogP contribution in [0.3, 0.4) is 0 Å². The summed E-state index contributed by atoms with van der Waals surface area (Å²) in [7, 11) is 1.84. The summed E-state index contributed by atoms with van der Waals surface area (Å²) in [6.07, 6.45) is 2.77. The molecule has 0 saturated carbocycles. The lowest BCUT2D eigenvalue weighted by molar-refractivity contribution is -0.132. The van der Waals surface area contributed by atoms with Crippen molar-refractivity contribution in [2.45, 2.75) is 32.3 Å². The number of amides is 1. The molecule has 1 aliphatic rings. The van der Waals surface area contributed by atoms with E-state index in [4.69, 9.17) is 10.5 Å². The van der Waals surface area contributed by atoms with Gasteiger partial charge in [-0.25, -0.2) is 0 Å². The van der Waals surface area contributed by atoms with Crippen molar-refractivity contribution in [1.82, 2.24) is 4.90 Å². The molecule has 0 aromatic rings. The molecule has 15 heavy (non-hydrogen) atoms. The molecule has 2 unspecified atom stereocenters. The maximum atomic E-state index is 11.8. The fraction of sp³-hybridized carbons (Fsp3) is 0.909. The smallest absolute Gasteiger partial charge is 0.224 e. The Labute approximate surface area is 91.8 Å². The van der Waals surface area contributed by atoms with E-state index in [0.717, 1.165) is 26.0 Å². The minimum atomic E-state index is 0.146. The molecule has 2 atom stereocenters. The minimum absolute atomic E-state index is 0.146.